The highest BCUT2D eigenvalue weighted by Gasteiger charge is 2.16. The van der Waals surface area contributed by atoms with Crippen LogP contribution in [-0.4, -0.2) is 36.7 Å². The van der Waals surface area contributed by atoms with Crippen molar-refractivity contribution in [1.29, 1.82) is 0 Å². The smallest absolute Gasteiger partial charge is 0.234 e. The molecule has 2 heterocycles. The Balaban J connectivity index is 1.71. The van der Waals surface area contributed by atoms with E-state index in [4.69, 9.17) is 4.74 Å². The fraction of sp³-hybridized carbons (Fsp3) is 0.571. The van der Waals surface area contributed by atoms with Gasteiger partial charge in [0, 0.05) is 37.7 Å². The summed E-state index contributed by atoms with van der Waals surface area (Å²) in [5.41, 5.74) is 1.13. The van der Waals surface area contributed by atoms with Crippen molar-refractivity contribution in [2.45, 2.75) is 31.8 Å². The Hall–Kier alpha value is -1.46. The molecule has 1 saturated heterocycles. The fourth-order valence-corrected chi connectivity index (χ4v) is 2.14. The maximum absolute atomic E-state index is 11.8. The maximum atomic E-state index is 11.8. The summed E-state index contributed by atoms with van der Waals surface area (Å²) in [7, 11) is 0. The summed E-state index contributed by atoms with van der Waals surface area (Å²) in [6.07, 6.45) is 5.34. The van der Waals surface area contributed by atoms with Crippen LogP contribution < -0.4 is 10.6 Å². The summed E-state index contributed by atoms with van der Waals surface area (Å²) in [6.45, 7) is 3.86. The van der Waals surface area contributed by atoms with Crippen LogP contribution in [0, 0.1) is 0 Å². The lowest BCUT2D eigenvalue weighted by Gasteiger charge is -2.23. The van der Waals surface area contributed by atoms with Crippen molar-refractivity contribution in [2.75, 3.05) is 19.8 Å². The lowest BCUT2D eigenvalue weighted by Crippen LogP contribution is -2.43. The van der Waals surface area contributed by atoms with Gasteiger partial charge in [-0.15, -0.1) is 0 Å². The van der Waals surface area contributed by atoms with Crippen molar-refractivity contribution in [3.05, 3.63) is 30.1 Å². The summed E-state index contributed by atoms with van der Waals surface area (Å²) >= 11 is 0. The van der Waals surface area contributed by atoms with E-state index < -0.39 is 0 Å². The number of carbonyl (C=O) groups excluding carboxylic acids is 1. The van der Waals surface area contributed by atoms with Crippen LogP contribution in [0.4, 0.5) is 0 Å². The Morgan fingerprint density at radius 1 is 1.42 bits per heavy atom. The minimum atomic E-state index is 0.0489. The van der Waals surface area contributed by atoms with Crippen LogP contribution in [0.2, 0.25) is 0 Å². The predicted molar refractivity (Wildman–Crippen MR) is 72.6 cm³/mol. The van der Waals surface area contributed by atoms with Gasteiger partial charge in [-0.05, 0) is 37.5 Å². The molecule has 2 N–H and O–H groups in total. The van der Waals surface area contributed by atoms with Gasteiger partial charge in [-0.1, -0.05) is 0 Å². The first-order valence-corrected chi connectivity index (χ1v) is 6.76. The highest BCUT2D eigenvalue weighted by Crippen LogP contribution is 2.09. The zero-order valence-electron chi connectivity index (χ0n) is 11.3. The zero-order valence-corrected chi connectivity index (χ0v) is 11.3. The van der Waals surface area contributed by atoms with E-state index >= 15 is 0 Å². The number of nitrogens with zero attached hydrogens (tertiary/aromatic N) is 1. The first-order valence-electron chi connectivity index (χ1n) is 6.76. The lowest BCUT2D eigenvalue weighted by atomic mass is 10.1. The molecule has 5 heteroatoms. The Morgan fingerprint density at radius 2 is 2.11 bits per heavy atom. The lowest BCUT2D eigenvalue weighted by molar-refractivity contribution is -0.121. The summed E-state index contributed by atoms with van der Waals surface area (Å²) in [5, 5.41) is 6.25. The van der Waals surface area contributed by atoms with Crippen molar-refractivity contribution in [3.8, 4) is 0 Å². The molecular formula is C14H21N3O2. The third-order valence-electron chi connectivity index (χ3n) is 3.36. The second kappa shape index (κ2) is 7.21. The molecule has 1 aromatic rings. The van der Waals surface area contributed by atoms with E-state index in [1.807, 2.05) is 19.1 Å². The van der Waals surface area contributed by atoms with Gasteiger partial charge >= 0.3 is 0 Å². The van der Waals surface area contributed by atoms with Crippen molar-refractivity contribution in [3.63, 3.8) is 0 Å². The van der Waals surface area contributed by atoms with Crippen LogP contribution in [-0.2, 0) is 9.53 Å². The van der Waals surface area contributed by atoms with Crippen molar-refractivity contribution < 1.29 is 9.53 Å². The summed E-state index contributed by atoms with van der Waals surface area (Å²) in [5.74, 6) is 0.0489. The van der Waals surface area contributed by atoms with Gasteiger partial charge in [0.25, 0.3) is 0 Å². The molecule has 2 rings (SSSR count). The molecule has 0 spiro atoms. The average molecular weight is 263 g/mol. The third-order valence-corrected chi connectivity index (χ3v) is 3.36. The number of aromatic nitrogens is 1. The van der Waals surface area contributed by atoms with Crippen LogP contribution in [0.25, 0.3) is 0 Å². The molecule has 104 valence electrons. The summed E-state index contributed by atoms with van der Waals surface area (Å²) in [4.78, 5) is 15.8. The van der Waals surface area contributed by atoms with Crippen LogP contribution in [0.5, 0.6) is 0 Å². The van der Waals surface area contributed by atoms with Gasteiger partial charge in [-0.3, -0.25) is 9.78 Å². The van der Waals surface area contributed by atoms with Gasteiger partial charge in [-0.25, -0.2) is 0 Å². The molecule has 0 aliphatic carbocycles. The normalized spacial score (nSPS) is 17.9. The maximum Gasteiger partial charge on any atom is 0.234 e. The quantitative estimate of drug-likeness (QED) is 0.833. The van der Waals surface area contributed by atoms with Gasteiger partial charge < -0.3 is 15.4 Å². The minimum absolute atomic E-state index is 0.0489. The monoisotopic (exact) mass is 263 g/mol. The number of hydrogen-bond acceptors (Lipinski definition) is 4. The predicted octanol–water partition coefficient (Wildman–Crippen LogP) is 1.03. The van der Waals surface area contributed by atoms with Crippen molar-refractivity contribution in [2.24, 2.45) is 0 Å². The van der Waals surface area contributed by atoms with Gasteiger partial charge in [0.15, 0.2) is 0 Å². The number of hydrogen-bond donors (Lipinski definition) is 2. The topological polar surface area (TPSA) is 63.2 Å². The number of ether oxygens (including phenoxy) is 1. The molecule has 0 saturated carbocycles. The van der Waals surface area contributed by atoms with E-state index in [1.54, 1.807) is 12.4 Å². The van der Waals surface area contributed by atoms with Crippen LogP contribution in [0.1, 0.15) is 31.4 Å². The minimum Gasteiger partial charge on any atom is -0.381 e. The first-order chi connectivity index (χ1) is 9.25. The second-order valence-corrected chi connectivity index (χ2v) is 4.84. The van der Waals surface area contributed by atoms with E-state index in [1.165, 1.54) is 0 Å². The molecule has 0 aromatic carbocycles. The molecule has 1 fully saturated rings. The Labute approximate surface area is 113 Å². The van der Waals surface area contributed by atoms with E-state index in [9.17, 15) is 4.79 Å². The molecule has 5 nitrogen and oxygen atoms in total. The van der Waals surface area contributed by atoms with Crippen LogP contribution in [0.15, 0.2) is 24.5 Å². The number of rotatable bonds is 5. The van der Waals surface area contributed by atoms with Crippen LogP contribution >= 0.6 is 0 Å². The molecule has 0 radical (unpaired) electrons. The molecule has 0 bridgehead atoms. The number of amides is 1. The number of pyridine rings is 1. The standard InChI is InChI=1S/C14H21N3O2/c1-11(12-2-6-15-7-3-12)16-10-14(18)17-13-4-8-19-9-5-13/h2-3,6-7,11,13,16H,4-5,8-10H2,1H3,(H,17,18). The van der Waals surface area contributed by atoms with Gasteiger partial charge in [0.05, 0.1) is 6.54 Å². The van der Waals surface area contributed by atoms with Crippen LogP contribution in [0.3, 0.4) is 0 Å². The molecule has 19 heavy (non-hydrogen) atoms. The summed E-state index contributed by atoms with van der Waals surface area (Å²) < 4.78 is 5.26. The van der Waals surface area contributed by atoms with Crippen molar-refractivity contribution >= 4 is 5.91 Å². The molecule has 1 aromatic heterocycles. The molecular weight excluding hydrogens is 242 g/mol. The number of carbonyl (C=O) groups is 1. The highest BCUT2D eigenvalue weighted by molar-refractivity contribution is 5.78. The Bertz CT molecular complexity index is 391. The molecule has 1 aliphatic rings. The van der Waals surface area contributed by atoms with E-state index in [2.05, 4.69) is 15.6 Å². The molecule has 1 amide bonds. The molecule has 1 aliphatic heterocycles. The van der Waals surface area contributed by atoms with Gasteiger partial charge in [-0.2, -0.15) is 0 Å². The zero-order chi connectivity index (χ0) is 13.5. The summed E-state index contributed by atoms with van der Waals surface area (Å²) in [6, 6.07) is 4.31. The largest absolute Gasteiger partial charge is 0.381 e. The Kier molecular flexibility index (Phi) is 5.30. The first kappa shape index (κ1) is 14.0. The highest BCUT2D eigenvalue weighted by atomic mass is 16.5. The SMILES string of the molecule is CC(NCC(=O)NC1CCOCC1)c1ccncc1. The Morgan fingerprint density at radius 3 is 2.79 bits per heavy atom. The van der Waals surface area contributed by atoms with Gasteiger partial charge in [0.2, 0.25) is 5.91 Å². The van der Waals surface area contributed by atoms with E-state index in [-0.39, 0.29) is 18.0 Å². The number of nitrogens with one attached hydrogen (secondary N) is 2. The van der Waals surface area contributed by atoms with E-state index in [0.29, 0.717) is 6.54 Å². The van der Waals surface area contributed by atoms with Crippen molar-refractivity contribution in [1.82, 2.24) is 15.6 Å². The van der Waals surface area contributed by atoms with E-state index in [0.717, 1.165) is 31.6 Å². The van der Waals surface area contributed by atoms with Gasteiger partial charge in [0.1, 0.15) is 0 Å². The third kappa shape index (κ3) is 4.61. The second-order valence-electron chi connectivity index (χ2n) is 4.84. The molecule has 1 unspecified atom stereocenters. The average Bonchev–Trinajstić information content (AvgIpc) is 2.47. The fourth-order valence-electron chi connectivity index (χ4n) is 2.14. The molecule has 1 atom stereocenters.